The Kier molecular flexibility index (Phi) is 7.02. The Morgan fingerprint density at radius 1 is 0.574 bits per heavy atom. The number of benzene rings is 6. The van der Waals surface area contributed by atoms with Crippen molar-refractivity contribution >= 4 is 33.0 Å². The smallest absolute Gasteiger partial charge is 0.174 e. The van der Waals surface area contributed by atoms with Gasteiger partial charge >= 0.3 is 0 Å². The Bertz CT molecular complexity index is 2390. The molecule has 8 aromatic rings. The zero-order valence-corrected chi connectivity index (χ0v) is 27.0. The van der Waals surface area contributed by atoms with Crippen LogP contribution in [0.2, 0.25) is 0 Å². The molecule has 0 atom stereocenters. The monoisotopic (exact) mass is 614 g/mol. The number of halogens is 1. The van der Waals surface area contributed by atoms with E-state index in [1.807, 2.05) is 66.7 Å². The van der Waals surface area contributed by atoms with Gasteiger partial charge in [-0.25, -0.2) is 9.37 Å². The summed E-state index contributed by atoms with van der Waals surface area (Å²) in [6.07, 6.45) is 0. The number of rotatable bonds is 6. The molecular weight excluding hydrogens is 579 g/mol. The van der Waals surface area contributed by atoms with E-state index >= 15 is 4.39 Å². The van der Waals surface area contributed by atoms with Gasteiger partial charge in [0.1, 0.15) is 11.4 Å². The number of aromatic nitrogens is 2. The Balaban J connectivity index is 1.43. The lowest BCUT2D eigenvalue weighted by Crippen LogP contribution is -2.09. The number of imidazole rings is 1. The third-order valence-corrected chi connectivity index (χ3v) is 9.24. The average Bonchev–Trinajstić information content (AvgIpc) is 3.68. The first-order chi connectivity index (χ1) is 22.9. The summed E-state index contributed by atoms with van der Waals surface area (Å²) in [5.74, 6) is 0.904. The SMILES string of the molecule is CC(C)c1cc(-c2ccccc2)cc(C(C)C)c1-n1c(-c2cccc3c2oc2c(F)c(-c4ccccc4)ccc23)nc2ccccc21. The summed E-state index contributed by atoms with van der Waals surface area (Å²) in [7, 11) is 0. The molecule has 230 valence electrons. The number of para-hydroxylation sites is 3. The highest BCUT2D eigenvalue weighted by Gasteiger charge is 2.26. The second-order valence-corrected chi connectivity index (χ2v) is 12.9. The molecule has 0 saturated carbocycles. The predicted octanol–water partition coefficient (Wildman–Crippen LogP) is 12.3. The Hall–Kier alpha value is -5.48. The minimum absolute atomic E-state index is 0.243. The predicted molar refractivity (Wildman–Crippen MR) is 193 cm³/mol. The van der Waals surface area contributed by atoms with Crippen molar-refractivity contribution in [3.8, 4) is 39.3 Å². The van der Waals surface area contributed by atoms with E-state index in [0.717, 1.165) is 44.4 Å². The first kappa shape index (κ1) is 29.0. The molecule has 3 nitrogen and oxygen atoms in total. The van der Waals surface area contributed by atoms with Crippen molar-refractivity contribution < 1.29 is 8.81 Å². The van der Waals surface area contributed by atoms with Crippen LogP contribution in [0.1, 0.15) is 50.7 Å². The first-order valence-electron chi connectivity index (χ1n) is 16.3. The van der Waals surface area contributed by atoms with E-state index < -0.39 is 0 Å². The van der Waals surface area contributed by atoms with Gasteiger partial charge in [0.2, 0.25) is 0 Å². The molecule has 0 aliphatic heterocycles. The summed E-state index contributed by atoms with van der Waals surface area (Å²) >= 11 is 0. The second-order valence-electron chi connectivity index (χ2n) is 12.9. The maximum Gasteiger partial charge on any atom is 0.174 e. The Morgan fingerprint density at radius 2 is 1.19 bits per heavy atom. The van der Waals surface area contributed by atoms with Gasteiger partial charge in [-0.15, -0.1) is 0 Å². The van der Waals surface area contributed by atoms with Gasteiger partial charge in [0, 0.05) is 16.3 Å². The van der Waals surface area contributed by atoms with Crippen LogP contribution in [0.15, 0.2) is 132 Å². The molecule has 4 heteroatoms. The third kappa shape index (κ3) is 4.75. The van der Waals surface area contributed by atoms with Gasteiger partial charge in [0.25, 0.3) is 0 Å². The zero-order valence-electron chi connectivity index (χ0n) is 27.0. The number of nitrogens with zero attached hydrogens (tertiary/aromatic N) is 2. The number of furan rings is 1. The molecule has 47 heavy (non-hydrogen) atoms. The molecule has 8 rings (SSSR count). The quantitative estimate of drug-likeness (QED) is 0.187. The normalized spacial score (nSPS) is 11.9. The fraction of sp³-hybridized carbons (Fsp3) is 0.140. The van der Waals surface area contributed by atoms with Gasteiger partial charge in [-0.1, -0.05) is 119 Å². The minimum Gasteiger partial charge on any atom is -0.452 e. The molecule has 2 aromatic heterocycles. The van der Waals surface area contributed by atoms with Crippen LogP contribution in [-0.4, -0.2) is 9.55 Å². The first-order valence-corrected chi connectivity index (χ1v) is 16.3. The number of hydrogen-bond donors (Lipinski definition) is 0. The van der Waals surface area contributed by atoms with Crippen LogP contribution in [0.5, 0.6) is 0 Å². The van der Waals surface area contributed by atoms with E-state index in [1.165, 1.54) is 22.3 Å². The van der Waals surface area contributed by atoms with Crippen molar-refractivity contribution in [1.29, 1.82) is 0 Å². The van der Waals surface area contributed by atoms with Gasteiger partial charge in [-0.2, -0.15) is 0 Å². The highest BCUT2D eigenvalue weighted by Crippen LogP contribution is 2.43. The van der Waals surface area contributed by atoms with Gasteiger partial charge in [0.15, 0.2) is 11.4 Å². The van der Waals surface area contributed by atoms with Crippen molar-refractivity contribution in [1.82, 2.24) is 9.55 Å². The van der Waals surface area contributed by atoms with E-state index in [4.69, 9.17) is 9.40 Å². The Morgan fingerprint density at radius 3 is 1.87 bits per heavy atom. The molecule has 0 amide bonds. The average molecular weight is 615 g/mol. The zero-order chi connectivity index (χ0) is 32.2. The summed E-state index contributed by atoms with van der Waals surface area (Å²) in [5, 5.41) is 1.61. The Labute approximate surface area is 273 Å². The molecule has 0 radical (unpaired) electrons. The fourth-order valence-electron chi connectivity index (χ4n) is 6.89. The molecule has 0 bridgehead atoms. The fourth-order valence-corrected chi connectivity index (χ4v) is 6.89. The van der Waals surface area contributed by atoms with Gasteiger partial charge < -0.3 is 4.42 Å². The van der Waals surface area contributed by atoms with E-state index in [0.29, 0.717) is 11.1 Å². The molecule has 0 aliphatic carbocycles. The van der Waals surface area contributed by atoms with Crippen molar-refractivity contribution in [3.63, 3.8) is 0 Å². The highest BCUT2D eigenvalue weighted by molar-refractivity contribution is 6.10. The molecule has 0 saturated heterocycles. The van der Waals surface area contributed by atoms with E-state index in [-0.39, 0.29) is 23.2 Å². The molecule has 0 aliphatic rings. The van der Waals surface area contributed by atoms with Crippen LogP contribution in [0.25, 0.3) is 72.3 Å². The molecular formula is C43H35FN2O. The molecule has 0 fully saturated rings. The van der Waals surface area contributed by atoms with Gasteiger partial charge in [-0.3, -0.25) is 4.57 Å². The van der Waals surface area contributed by atoms with Gasteiger partial charge in [-0.05, 0) is 76.1 Å². The van der Waals surface area contributed by atoms with Crippen molar-refractivity contribution in [2.75, 3.05) is 0 Å². The lowest BCUT2D eigenvalue weighted by molar-refractivity contribution is 0.587. The van der Waals surface area contributed by atoms with E-state index in [1.54, 1.807) is 0 Å². The van der Waals surface area contributed by atoms with Crippen molar-refractivity contribution in [2.24, 2.45) is 0 Å². The van der Waals surface area contributed by atoms with Crippen LogP contribution >= 0.6 is 0 Å². The topological polar surface area (TPSA) is 31.0 Å². The number of hydrogen-bond acceptors (Lipinski definition) is 2. The van der Waals surface area contributed by atoms with Crippen LogP contribution < -0.4 is 0 Å². The molecule has 6 aromatic carbocycles. The summed E-state index contributed by atoms with van der Waals surface area (Å²) in [4.78, 5) is 5.26. The number of fused-ring (bicyclic) bond motifs is 4. The van der Waals surface area contributed by atoms with Crippen molar-refractivity contribution in [3.05, 3.63) is 144 Å². The summed E-state index contributed by atoms with van der Waals surface area (Å²) < 4.78 is 25.0. The minimum atomic E-state index is -0.356. The molecule has 0 unspecified atom stereocenters. The summed E-state index contributed by atoms with van der Waals surface area (Å²) in [5.41, 5.74) is 11.0. The lowest BCUT2D eigenvalue weighted by atomic mass is 9.88. The lowest BCUT2D eigenvalue weighted by Gasteiger charge is -2.24. The third-order valence-electron chi connectivity index (χ3n) is 9.24. The molecule has 0 N–H and O–H groups in total. The van der Waals surface area contributed by atoms with E-state index in [9.17, 15) is 0 Å². The second kappa shape index (κ2) is 11.4. The molecule has 2 heterocycles. The standard InChI is InChI=1S/C43H35FN2O/c1-26(2)35-24-30(28-14-7-5-8-15-28)25-36(27(3)4)40(35)46-38-21-12-11-20-37(38)45-43(46)34-19-13-18-32-33-23-22-31(29-16-9-6-10-17-29)39(44)42(33)47-41(32)34/h5-27H,1-4H3. The van der Waals surface area contributed by atoms with Crippen LogP contribution in [-0.2, 0) is 0 Å². The molecule has 0 spiro atoms. The maximum atomic E-state index is 16.2. The van der Waals surface area contributed by atoms with Crippen LogP contribution in [0.3, 0.4) is 0 Å². The largest absolute Gasteiger partial charge is 0.452 e. The highest BCUT2D eigenvalue weighted by atomic mass is 19.1. The van der Waals surface area contributed by atoms with Crippen LogP contribution in [0.4, 0.5) is 4.39 Å². The summed E-state index contributed by atoms with van der Waals surface area (Å²) in [6.45, 7) is 9.01. The van der Waals surface area contributed by atoms with Crippen molar-refractivity contribution in [2.45, 2.75) is 39.5 Å². The van der Waals surface area contributed by atoms with Gasteiger partial charge in [0.05, 0.1) is 22.3 Å². The maximum absolute atomic E-state index is 16.2. The van der Waals surface area contributed by atoms with Crippen LogP contribution in [0, 0.1) is 5.82 Å². The van der Waals surface area contributed by atoms with E-state index in [2.05, 4.69) is 92.9 Å². The summed E-state index contributed by atoms with van der Waals surface area (Å²) in [6, 6.07) is 43.0.